The number of amides is 1. The average molecular weight is 224 g/mol. The molecule has 0 aromatic rings. The van der Waals surface area contributed by atoms with Gasteiger partial charge in [-0.05, 0) is 43.6 Å². The molecule has 1 fully saturated rings. The first-order valence-corrected chi connectivity index (χ1v) is 6.02. The molecule has 0 atom stereocenters. The molecule has 1 aliphatic rings. The zero-order valence-electron chi connectivity index (χ0n) is 9.85. The van der Waals surface area contributed by atoms with E-state index in [1.165, 1.54) is 0 Å². The summed E-state index contributed by atoms with van der Waals surface area (Å²) in [4.78, 5) is 14.4. The summed E-state index contributed by atoms with van der Waals surface area (Å²) in [6.07, 6.45) is 5.08. The van der Waals surface area contributed by atoms with Crippen molar-refractivity contribution in [2.45, 2.75) is 39.0 Å². The summed E-state index contributed by atoms with van der Waals surface area (Å²) < 4.78 is 0. The smallest absolute Gasteiger partial charge is 0.223 e. The van der Waals surface area contributed by atoms with Crippen LogP contribution in [0.4, 0.5) is 0 Å². The number of carbonyl (C=O) groups is 1. The van der Waals surface area contributed by atoms with E-state index in [9.17, 15) is 4.79 Å². The standard InChI is InChI=1S/C11H20N4O/c1-9-3-5-10(6-4-9)11(16)13-7-2-8-14-15-12/h9-10H,2-8H2,1H3,(H,13,16). The van der Waals surface area contributed by atoms with Crippen molar-refractivity contribution >= 4 is 5.91 Å². The SMILES string of the molecule is CC1CCC(C(=O)NCCCN=[N+]=[N-])CC1. The van der Waals surface area contributed by atoms with E-state index in [4.69, 9.17) is 5.53 Å². The fourth-order valence-electron chi connectivity index (χ4n) is 2.07. The lowest BCUT2D eigenvalue weighted by Gasteiger charge is -2.25. The van der Waals surface area contributed by atoms with Gasteiger partial charge in [-0.1, -0.05) is 12.0 Å². The Kier molecular flexibility index (Phi) is 5.72. The molecule has 0 radical (unpaired) electrons. The molecule has 0 aromatic carbocycles. The van der Waals surface area contributed by atoms with Gasteiger partial charge in [0.15, 0.2) is 0 Å². The fourth-order valence-corrected chi connectivity index (χ4v) is 2.07. The largest absolute Gasteiger partial charge is 0.356 e. The molecule has 0 saturated heterocycles. The van der Waals surface area contributed by atoms with E-state index in [0.29, 0.717) is 13.1 Å². The molecule has 0 aromatic heterocycles. The Morgan fingerprint density at radius 2 is 2.12 bits per heavy atom. The number of hydrogen-bond acceptors (Lipinski definition) is 2. The molecular formula is C11H20N4O. The van der Waals surface area contributed by atoms with Crippen molar-refractivity contribution in [3.63, 3.8) is 0 Å². The zero-order chi connectivity index (χ0) is 11.8. The summed E-state index contributed by atoms with van der Waals surface area (Å²) in [5, 5.41) is 6.32. The van der Waals surface area contributed by atoms with Gasteiger partial charge in [-0.15, -0.1) is 0 Å². The Balaban J connectivity index is 2.12. The predicted molar refractivity (Wildman–Crippen MR) is 62.8 cm³/mol. The van der Waals surface area contributed by atoms with Gasteiger partial charge in [0.25, 0.3) is 0 Å². The van der Waals surface area contributed by atoms with E-state index in [1.54, 1.807) is 0 Å². The number of carbonyl (C=O) groups excluding carboxylic acids is 1. The molecule has 0 spiro atoms. The van der Waals surface area contributed by atoms with Gasteiger partial charge >= 0.3 is 0 Å². The number of azide groups is 1. The molecule has 0 aliphatic heterocycles. The number of rotatable bonds is 5. The van der Waals surface area contributed by atoms with Crippen LogP contribution in [0.15, 0.2) is 5.11 Å². The molecule has 90 valence electrons. The van der Waals surface area contributed by atoms with E-state index < -0.39 is 0 Å². The summed E-state index contributed by atoms with van der Waals surface area (Å²) in [6.45, 7) is 3.32. The van der Waals surface area contributed by atoms with Crippen molar-refractivity contribution in [3.05, 3.63) is 10.4 Å². The lowest BCUT2D eigenvalue weighted by Crippen LogP contribution is -2.33. The quantitative estimate of drug-likeness (QED) is 0.331. The molecule has 1 aliphatic carbocycles. The van der Waals surface area contributed by atoms with Gasteiger partial charge in [0.05, 0.1) is 0 Å². The molecule has 1 rings (SSSR count). The van der Waals surface area contributed by atoms with Crippen molar-refractivity contribution in [1.82, 2.24) is 5.32 Å². The molecule has 16 heavy (non-hydrogen) atoms. The molecule has 5 nitrogen and oxygen atoms in total. The van der Waals surface area contributed by atoms with Gasteiger partial charge in [0.2, 0.25) is 5.91 Å². The van der Waals surface area contributed by atoms with E-state index in [-0.39, 0.29) is 11.8 Å². The van der Waals surface area contributed by atoms with Crippen LogP contribution in [0.2, 0.25) is 0 Å². The second kappa shape index (κ2) is 7.12. The van der Waals surface area contributed by atoms with Crippen LogP contribution in [0.1, 0.15) is 39.0 Å². The summed E-state index contributed by atoms with van der Waals surface area (Å²) in [5.41, 5.74) is 8.07. The molecule has 1 amide bonds. The van der Waals surface area contributed by atoms with Crippen LogP contribution in [0.3, 0.4) is 0 Å². The number of nitrogens with one attached hydrogen (secondary N) is 1. The zero-order valence-corrected chi connectivity index (χ0v) is 9.85. The first kappa shape index (κ1) is 12.8. The van der Waals surface area contributed by atoms with Crippen LogP contribution < -0.4 is 5.32 Å². The Morgan fingerprint density at radius 3 is 2.75 bits per heavy atom. The van der Waals surface area contributed by atoms with Crippen LogP contribution >= 0.6 is 0 Å². The van der Waals surface area contributed by atoms with E-state index in [0.717, 1.165) is 38.0 Å². The fraction of sp³-hybridized carbons (Fsp3) is 0.909. The molecule has 1 saturated carbocycles. The van der Waals surface area contributed by atoms with Gasteiger partial charge in [-0.25, -0.2) is 0 Å². The second-order valence-corrected chi connectivity index (χ2v) is 4.56. The Morgan fingerprint density at radius 1 is 1.44 bits per heavy atom. The minimum absolute atomic E-state index is 0.174. The van der Waals surface area contributed by atoms with Gasteiger partial charge < -0.3 is 5.32 Å². The second-order valence-electron chi connectivity index (χ2n) is 4.56. The van der Waals surface area contributed by atoms with Crippen LogP contribution in [0.25, 0.3) is 10.4 Å². The molecule has 0 heterocycles. The predicted octanol–water partition coefficient (Wildman–Crippen LogP) is 2.63. The van der Waals surface area contributed by atoms with Gasteiger partial charge in [0.1, 0.15) is 0 Å². The van der Waals surface area contributed by atoms with Gasteiger partial charge in [-0.3, -0.25) is 4.79 Å². The maximum absolute atomic E-state index is 11.7. The first-order valence-electron chi connectivity index (χ1n) is 6.02. The van der Waals surface area contributed by atoms with E-state index in [1.807, 2.05) is 0 Å². The minimum Gasteiger partial charge on any atom is -0.356 e. The third-order valence-electron chi connectivity index (χ3n) is 3.18. The van der Waals surface area contributed by atoms with Crippen LogP contribution in [-0.4, -0.2) is 19.0 Å². The van der Waals surface area contributed by atoms with Crippen molar-refractivity contribution < 1.29 is 4.79 Å². The number of hydrogen-bond donors (Lipinski definition) is 1. The molecule has 0 unspecified atom stereocenters. The third-order valence-corrected chi connectivity index (χ3v) is 3.18. The van der Waals surface area contributed by atoms with Gasteiger partial charge in [-0.2, -0.15) is 0 Å². The lowest BCUT2D eigenvalue weighted by molar-refractivity contribution is -0.126. The summed E-state index contributed by atoms with van der Waals surface area (Å²) in [5.74, 6) is 1.15. The highest BCUT2D eigenvalue weighted by atomic mass is 16.1. The van der Waals surface area contributed by atoms with Crippen molar-refractivity contribution in [2.24, 2.45) is 17.0 Å². The topological polar surface area (TPSA) is 77.9 Å². The Hall–Kier alpha value is -1.22. The molecule has 1 N–H and O–H groups in total. The number of nitrogens with zero attached hydrogens (tertiary/aromatic N) is 3. The van der Waals surface area contributed by atoms with Gasteiger partial charge in [0, 0.05) is 23.9 Å². The van der Waals surface area contributed by atoms with E-state index in [2.05, 4.69) is 22.3 Å². The summed E-state index contributed by atoms with van der Waals surface area (Å²) in [6, 6.07) is 0. The molecular weight excluding hydrogens is 204 g/mol. The summed E-state index contributed by atoms with van der Waals surface area (Å²) in [7, 11) is 0. The maximum Gasteiger partial charge on any atom is 0.223 e. The third kappa shape index (κ3) is 4.53. The maximum atomic E-state index is 11.7. The normalized spacial score (nSPS) is 24.6. The van der Waals surface area contributed by atoms with Crippen molar-refractivity contribution in [2.75, 3.05) is 13.1 Å². The van der Waals surface area contributed by atoms with Crippen LogP contribution in [0, 0.1) is 11.8 Å². The van der Waals surface area contributed by atoms with Crippen molar-refractivity contribution in [3.8, 4) is 0 Å². The van der Waals surface area contributed by atoms with Crippen LogP contribution in [0.5, 0.6) is 0 Å². The van der Waals surface area contributed by atoms with E-state index >= 15 is 0 Å². The lowest BCUT2D eigenvalue weighted by atomic mass is 9.82. The minimum atomic E-state index is 0.174. The molecule has 5 heteroatoms. The molecule has 0 bridgehead atoms. The van der Waals surface area contributed by atoms with Crippen molar-refractivity contribution in [1.29, 1.82) is 0 Å². The Bertz CT molecular complexity index is 265. The highest BCUT2D eigenvalue weighted by Crippen LogP contribution is 2.28. The highest BCUT2D eigenvalue weighted by molar-refractivity contribution is 5.78. The highest BCUT2D eigenvalue weighted by Gasteiger charge is 2.23. The monoisotopic (exact) mass is 224 g/mol. The first-order chi connectivity index (χ1) is 7.74. The summed E-state index contributed by atoms with van der Waals surface area (Å²) >= 11 is 0. The average Bonchev–Trinajstić information content (AvgIpc) is 2.29. The Labute approximate surface area is 96.2 Å². The van der Waals surface area contributed by atoms with Crippen LogP contribution in [-0.2, 0) is 4.79 Å².